The van der Waals surface area contributed by atoms with Crippen LogP contribution in [0.2, 0.25) is 0 Å². The topological polar surface area (TPSA) is 53.0 Å². The van der Waals surface area contributed by atoms with Gasteiger partial charge in [0.1, 0.15) is 6.04 Å². The molecular weight excluding hydrogens is 300 g/mol. The highest BCUT2D eigenvalue weighted by molar-refractivity contribution is 7.98. The molecule has 0 unspecified atom stereocenters. The number of benzene rings is 1. The van der Waals surface area contributed by atoms with E-state index in [1.54, 1.807) is 18.9 Å². The number of nitrogens with zero attached hydrogens (tertiary/aromatic N) is 2. The average Bonchev–Trinajstić information content (AvgIpc) is 2.54. The molecule has 0 saturated carbocycles. The number of carboxylic acids is 1. The van der Waals surface area contributed by atoms with Gasteiger partial charge >= 0.3 is 5.97 Å². The van der Waals surface area contributed by atoms with Gasteiger partial charge in [-0.1, -0.05) is 12.1 Å². The van der Waals surface area contributed by atoms with Crippen molar-refractivity contribution in [2.75, 3.05) is 52.7 Å². The normalized spacial score (nSPS) is 18.3. The first kappa shape index (κ1) is 17.3. The number of hydrogen-bond donors (Lipinski definition) is 1. The Hall–Kier alpha value is -1.08. The van der Waals surface area contributed by atoms with Gasteiger partial charge < -0.3 is 9.84 Å². The highest BCUT2D eigenvalue weighted by atomic mass is 32.2. The highest BCUT2D eigenvalue weighted by Gasteiger charge is 2.30. The molecule has 1 atom stereocenters. The lowest BCUT2D eigenvalue weighted by Gasteiger charge is -2.37. The minimum atomic E-state index is -0.776. The van der Waals surface area contributed by atoms with Crippen molar-refractivity contribution in [2.45, 2.75) is 10.9 Å². The molecular formula is C16H24N2O3S. The van der Waals surface area contributed by atoms with Gasteiger partial charge in [-0.15, -0.1) is 11.8 Å². The van der Waals surface area contributed by atoms with Crippen LogP contribution in [0, 0.1) is 0 Å². The van der Waals surface area contributed by atoms with Gasteiger partial charge in [-0.05, 0) is 24.0 Å². The molecule has 22 heavy (non-hydrogen) atoms. The first-order valence-corrected chi connectivity index (χ1v) is 8.70. The third-order valence-corrected chi connectivity index (χ3v) is 4.79. The van der Waals surface area contributed by atoms with Crippen molar-refractivity contribution >= 4 is 17.7 Å². The summed E-state index contributed by atoms with van der Waals surface area (Å²) >= 11 is 1.66. The van der Waals surface area contributed by atoms with Crippen molar-refractivity contribution in [1.29, 1.82) is 0 Å². The maximum absolute atomic E-state index is 11.7. The van der Waals surface area contributed by atoms with Crippen LogP contribution < -0.4 is 0 Å². The number of aliphatic carboxylic acids is 1. The largest absolute Gasteiger partial charge is 0.480 e. The van der Waals surface area contributed by atoms with Crippen LogP contribution in [0.25, 0.3) is 0 Å². The molecule has 1 aliphatic rings. The summed E-state index contributed by atoms with van der Waals surface area (Å²) < 4.78 is 5.10. The van der Waals surface area contributed by atoms with E-state index < -0.39 is 12.0 Å². The van der Waals surface area contributed by atoms with Gasteiger partial charge in [0.15, 0.2) is 0 Å². The monoisotopic (exact) mass is 324 g/mol. The predicted octanol–water partition coefficient (Wildman–Crippen LogP) is 1.80. The molecule has 1 heterocycles. The van der Waals surface area contributed by atoms with Gasteiger partial charge in [0.2, 0.25) is 0 Å². The Bertz CT molecular complexity index is 473. The Morgan fingerprint density at radius 2 is 1.91 bits per heavy atom. The van der Waals surface area contributed by atoms with Gasteiger partial charge in [0.25, 0.3) is 0 Å². The van der Waals surface area contributed by atoms with Crippen LogP contribution in [-0.2, 0) is 9.53 Å². The van der Waals surface area contributed by atoms with Crippen LogP contribution in [0.1, 0.15) is 11.6 Å². The Labute approximate surface area is 136 Å². The summed E-state index contributed by atoms with van der Waals surface area (Å²) in [5.41, 5.74) is 0.857. The number of carboxylic acid groups (broad SMARTS) is 1. The molecule has 1 aliphatic heterocycles. The van der Waals surface area contributed by atoms with Crippen molar-refractivity contribution in [2.24, 2.45) is 0 Å². The van der Waals surface area contributed by atoms with Gasteiger partial charge in [-0.2, -0.15) is 0 Å². The number of piperazine rings is 1. The minimum Gasteiger partial charge on any atom is -0.480 e. The Morgan fingerprint density at radius 1 is 1.27 bits per heavy atom. The zero-order valence-corrected chi connectivity index (χ0v) is 14.0. The highest BCUT2D eigenvalue weighted by Crippen LogP contribution is 2.25. The molecule has 0 aromatic heterocycles. The fourth-order valence-corrected chi connectivity index (χ4v) is 3.17. The fourth-order valence-electron chi connectivity index (χ4n) is 2.76. The molecule has 2 rings (SSSR count). The zero-order valence-electron chi connectivity index (χ0n) is 13.2. The molecule has 0 amide bonds. The third kappa shape index (κ3) is 4.46. The molecule has 5 nitrogen and oxygen atoms in total. The van der Waals surface area contributed by atoms with E-state index in [9.17, 15) is 9.90 Å². The zero-order chi connectivity index (χ0) is 15.9. The van der Waals surface area contributed by atoms with Crippen LogP contribution in [0.15, 0.2) is 29.2 Å². The van der Waals surface area contributed by atoms with Crippen LogP contribution in [0.5, 0.6) is 0 Å². The molecule has 6 heteroatoms. The summed E-state index contributed by atoms with van der Waals surface area (Å²) in [6.45, 7) is 4.94. The number of hydrogen-bond acceptors (Lipinski definition) is 5. The number of carbonyl (C=O) groups is 1. The van der Waals surface area contributed by atoms with E-state index in [2.05, 4.69) is 9.80 Å². The number of rotatable bonds is 7. The standard InChI is InChI=1S/C16H24N2O3S/c1-21-12-11-17-7-9-18(10-8-17)15(16(19)20)13-3-5-14(22-2)6-4-13/h3-6,15H,7-12H2,1-2H3,(H,19,20)/t15-/m1/s1. The number of methoxy groups -OCH3 is 1. The summed E-state index contributed by atoms with van der Waals surface area (Å²) in [6.07, 6.45) is 2.02. The molecule has 0 radical (unpaired) electrons. The van der Waals surface area contributed by atoms with Gasteiger partial charge in [-0.25, -0.2) is 0 Å². The lowest BCUT2D eigenvalue weighted by atomic mass is 10.0. The molecule has 1 saturated heterocycles. The summed E-state index contributed by atoms with van der Waals surface area (Å²) in [4.78, 5) is 17.2. The minimum absolute atomic E-state index is 0.555. The average molecular weight is 324 g/mol. The smallest absolute Gasteiger partial charge is 0.325 e. The van der Waals surface area contributed by atoms with E-state index in [1.807, 2.05) is 30.5 Å². The van der Waals surface area contributed by atoms with Crippen molar-refractivity contribution in [3.63, 3.8) is 0 Å². The van der Waals surface area contributed by atoms with E-state index in [-0.39, 0.29) is 0 Å². The summed E-state index contributed by atoms with van der Waals surface area (Å²) in [5.74, 6) is -0.776. The van der Waals surface area contributed by atoms with E-state index in [0.717, 1.165) is 49.8 Å². The van der Waals surface area contributed by atoms with Gasteiger partial charge in [-0.3, -0.25) is 14.6 Å². The maximum Gasteiger partial charge on any atom is 0.325 e. The Balaban J connectivity index is 2.01. The molecule has 0 spiro atoms. The first-order chi connectivity index (χ1) is 10.7. The second-order valence-electron chi connectivity index (χ2n) is 5.38. The Kier molecular flexibility index (Phi) is 6.70. The maximum atomic E-state index is 11.7. The summed E-state index contributed by atoms with van der Waals surface area (Å²) in [7, 11) is 1.70. The van der Waals surface area contributed by atoms with Crippen LogP contribution >= 0.6 is 11.8 Å². The SMILES string of the molecule is COCCN1CCN([C@@H](C(=O)O)c2ccc(SC)cc2)CC1. The van der Waals surface area contributed by atoms with Crippen LogP contribution in [-0.4, -0.2) is 73.6 Å². The molecule has 0 aliphatic carbocycles. The van der Waals surface area contributed by atoms with Crippen molar-refractivity contribution in [1.82, 2.24) is 9.80 Å². The molecule has 1 aromatic rings. The van der Waals surface area contributed by atoms with E-state index in [0.29, 0.717) is 0 Å². The van der Waals surface area contributed by atoms with Gasteiger partial charge in [0, 0.05) is 44.7 Å². The molecule has 0 bridgehead atoms. The number of thioether (sulfide) groups is 1. The molecule has 1 N–H and O–H groups in total. The first-order valence-electron chi connectivity index (χ1n) is 7.48. The lowest BCUT2D eigenvalue weighted by Crippen LogP contribution is -2.49. The van der Waals surface area contributed by atoms with Crippen molar-refractivity contribution < 1.29 is 14.6 Å². The van der Waals surface area contributed by atoms with E-state index in [1.165, 1.54) is 0 Å². The van der Waals surface area contributed by atoms with Crippen LogP contribution in [0.3, 0.4) is 0 Å². The third-order valence-electron chi connectivity index (χ3n) is 4.05. The van der Waals surface area contributed by atoms with E-state index in [4.69, 9.17) is 4.74 Å². The number of ether oxygens (including phenoxy) is 1. The summed E-state index contributed by atoms with van der Waals surface area (Å²) in [6, 6.07) is 7.29. The van der Waals surface area contributed by atoms with E-state index >= 15 is 0 Å². The second kappa shape index (κ2) is 8.53. The lowest BCUT2D eigenvalue weighted by molar-refractivity contribution is -0.144. The Morgan fingerprint density at radius 3 is 2.41 bits per heavy atom. The second-order valence-corrected chi connectivity index (χ2v) is 6.26. The molecule has 1 aromatic carbocycles. The van der Waals surface area contributed by atoms with Crippen molar-refractivity contribution in [3.8, 4) is 0 Å². The quantitative estimate of drug-likeness (QED) is 0.772. The summed E-state index contributed by atoms with van der Waals surface area (Å²) in [5, 5.41) is 9.63. The van der Waals surface area contributed by atoms with Gasteiger partial charge in [0.05, 0.1) is 6.61 Å². The molecule has 1 fully saturated rings. The van der Waals surface area contributed by atoms with Crippen LogP contribution in [0.4, 0.5) is 0 Å². The predicted molar refractivity (Wildman–Crippen MR) is 88.5 cm³/mol. The van der Waals surface area contributed by atoms with Crippen molar-refractivity contribution in [3.05, 3.63) is 29.8 Å². The molecule has 122 valence electrons. The fraction of sp³-hybridized carbons (Fsp3) is 0.562.